The first kappa shape index (κ1) is 124. The van der Waals surface area contributed by atoms with Crippen molar-refractivity contribution in [3.63, 3.8) is 0 Å². The predicted octanol–water partition coefficient (Wildman–Crippen LogP) is 18.9. The molecule has 1 aliphatic heterocycles. The lowest BCUT2D eigenvalue weighted by molar-refractivity contribution is -0.373. The van der Waals surface area contributed by atoms with Crippen LogP contribution in [-0.2, 0) is 84.5 Å². The second-order valence-electron chi connectivity index (χ2n) is 34.6. The third-order valence-corrected chi connectivity index (χ3v) is 24.2. The van der Waals surface area contributed by atoms with Gasteiger partial charge < -0.3 is 73.2 Å². The molecule has 0 aromatic carbocycles. The molecule has 29 nitrogen and oxygen atoms in total. The quantitative estimate of drug-likeness (QED) is 0.0124. The van der Waals surface area contributed by atoms with Gasteiger partial charge in [-0.15, -0.1) is 0 Å². The average molecular weight is 1870 g/mol. The molecule has 0 spiro atoms. The predicted molar refractivity (Wildman–Crippen MR) is 508 cm³/mol. The summed E-state index contributed by atoms with van der Waals surface area (Å²) in [4.78, 5) is 130. The molecule has 0 saturated carbocycles. The van der Waals surface area contributed by atoms with Gasteiger partial charge in [-0.2, -0.15) is 0 Å². The van der Waals surface area contributed by atoms with Crippen molar-refractivity contribution in [1.82, 2.24) is 24.9 Å². The van der Waals surface area contributed by atoms with E-state index in [1.54, 1.807) is 19.6 Å². The number of hydrogen-bond donors (Lipinski definition) is 5. The molecule has 1 saturated heterocycles. The van der Waals surface area contributed by atoms with Gasteiger partial charge in [0.1, 0.15) is 19.8 Å². The van der Waals surface area contributed by atoms with Crippen molar-refractivity contribution in [3.05, 3.63) is 48.6 Å². The maximum Gasteiger partial charge on any atom is 0.317 e. The highest BCUT2D eigenvalue weighted by Crippen LogP contribution is 2.39. The van der Waals surface area contributed by atoms with Gasteiger partial charge in [-0.3, -0.25) is 67.1 Å². The Morgan fingerprint density at radius 3 is 0.791 bits per heavy atom. The van der Waals surface area contributed by atoms with Gasteiger partial charge in [-0.1, -0.05) is 282 Å². The van der Waals surface area contributed by atoms with E-state index in [9.17, 15) is 72.6 Å². The number of quaternary nitrogens is 1. The Bertz CT molecular complexity index is 2940. The van der Waals surface area contributed by atoms with Gasteiger partial charge in [0.2, 0.25) is 5.91 Å². The van der Waals surface area contributed by atoms with E-state index in [2.05, 4.69) is 87.4 Å². The number of nitrogens with one attached hydrogen (secondary N) is 1. The van der Waals surface area contributed by atoms with E-state index >= 15 is 0 Å². The second kappa shape index (κ2) is 90.5. The highest BCUT2D eigenvalue weighted by atomic mass is 31.2. The summed E-state index contributed by atoms with van der Waals surface area (Å²) in [6.07, 6.45) is 76.2. The third-order valence-electron chi connectivity index (χ3n) is 22.3. The van der Waals surface area contributed by atoms with E-state index in [0.717, 1.165) is 148 Å². The third kappa shape index (κ3) is 89.1. The number of carboxylic acids is 3. The van der Waals surface area contributed by atoms with Crippen LogP contribution in [0.2, 0.25) is 0 Å². The van der Waals surface area contributed by atoms with Crippen LogP contribution in [-0.4, -0.2) is 226 Å². The van der Waals surface area contributed by atoms with E-state index in [1.165, 1.54) is 167 Å². The van der Waals surface area contributed by atoms with Crippen LogP contribution >= 0.6 is 15.6 Å². The van der Waals surface area contributed by atoms with Gasteiger partial charge >= 0.3 is 41.8 Å². The van der Waals surface area contributed by atoms with Crippen molar-refractivity contribution in [2.24, 2.45) is 0 Å². The molecule has 1 amide bonds. The van der Waals surface area contributed by atoms with Gasteiger partial charge in [0, 0.05) is 84.6 Å². The molecule has 129 heavy (non-hydrogen) atoms. The van der Waals surface area contributed by atoms with Gasteiger partial charge in [0.15, 0.2) is 12.2 Å². The van der Waals surface area contributed by atoms with Gasteiger partial charge in [-0.25, -0.2) is 0 Å². The number of phosphoric ester groups is 2. The molecule has 0 bridgehead atoms. The fourth-order valence-corrected chi connectivity index (χ4v) is 16.1. The summed E-state index contributed by atoms with van der Waals surface area (Å²) in [6.45, 7) is 7.22. The van der Waals surface area contributed by atoms with Crippen molar-refractivity contribution in [1.29, 1.82) is 0 Å². The largest absolute Gasteiger partial charge is 0.756 e. The Morgan fingerprint density at radius 2 is 0.543 bits per heavy atom. The molecule has 1 aliphatic rings. The minimum absolute atomic E-state index is 0.106. The highest BCUT2D eigenvalue weighted by molar-refractivity contribution is 7.46. The molecule has 4 atom stereocenters. The summed E-state index contributed by atoms with van der Waals surface area (Å²) in [5, 5.41) is 31.0. The molecule has 1 fully saturated rings. The molecule has 0 aromatic heterocycles. The molecule has 31 heteroatoms. The number of esters is 4. The van der Waals surface area contributed by atoms with Gasteiger partial charge in [0.25, 0.3) is 15.6 Å². The number of aliphatic carboxylic acids is 3. The van der Waals surface area contributed by atoms with Crippen molar-refractivity contribution in [3.8, 4) is 0 Å². The second-order valence-corrected chi connectivity index (χ2v) is 37.4. The van der Waals surface area contributed by atoms with E-state index in [4.69, 9.17) is 37.0 Å². The molecule has 1 heterocycles. The van der Waals surface area contributed by atoms with Crippen LogP contribution in [0.1, 0.15) is 387 Å². The number of phosphoric acid groups is 2. The number of allylic oxidation sites excluding steroid dienone is 8. The number of nitrogens with zero attached hydrogens (tertiary/aromatic N) is 4. The number of unbranched alkanes of at least 4 members (excludes halogenated alkanes) is 44. The van der Waals surface area contributed by atoms with Crippen LogP contribution in [0, 0.1) is 0 Å². The fraction of sp³-hybridized carbons (Fsp3) is 0.837. The van der Waals surface area contributed by atoms with E-state index in [1.807, 2.05) is 0 Å². The van der Waals surface area contributed by atoms with Crippen LogP contribution in [0.5, 0.6) is 0 Å². The summed E-state index contributed by atoms with van der Waals surface area (Å²) in [5.74, 6) is -5.64. The first-order valence-electron chi connectivity index (χ1n) is 50.6. The van der Waals surface area contributed by atoms with Crippen molar-refractivity contribution < 1.29 is 115 Å². The Kier molecular flexibility index (Phi) is 86.9. The normalized spacial score (nSPS) is 15.0. The van der Waals surface area contributed by atoms with E-state index in [-0.39, 0.29) is 131 Å². The maximum absolute atomic E-state index is 13.1. The minimum Gasteiger partial charge on any atom is -0.756 e. The zero-order chi connectivity index (χ0) is 94.8. The Balaban J connectivity index is 0.00000278. The molecule has 0 aromatic rings. The molecule has 7 N–H and O–H groups in total. The summed E-state index contributed by atoms with van der Waals surface area (Å²) >= 11 is 0. The zero-order valence-corrected chi connectivity index (χ0v) is 82.7. The monoisotopic (exact) mass is 1870 g/mol. The van der Waals surface area contributed by atoms with Crippen molar-refractivity contribution in [2.45, 2.75) is 399 Å². The first-order chi connectivity index (χ1) is 62.5. The van der Waals surface area contributed by atoms with Crippen molar-refractivity contribution in [2.75, 3.05) is 131 Å². The molecule has 752 valence electrons. The number of ether oxygens (including phenoxy) is 4. The molecule has 2 unspecified atom stereocenters. The smallest absolute Gasteiger partial charge is 0.317 e. The van der Waals surface area contributed by atoms with Crippen LogP contribution in [0.3, 0.4) is 0 Å². The number of carboxylic acid groups (broad SMARTS) is 3. The number of carbonyl (C=O) groups excluding carboxylic acids is 5. The zero-order valence-electron chi connectivity index (χ0n) is 80.9. The van der Waals surface area contributed by atoms with Crippen molar-refractivity contribution >= 4 is 63.3 Å². The summed E-state index contributed by atoms with van der Waals surface area (Å²) in [6, 6.07) is 0. The maximum atomic E-state index is 13.1. The number of amides is 1. The number of carbonyl (C=O) groups is 8. The Morgan fingerprint density at radius 1 is 0.318 bits per heavy atom. The number of hydrogen-bond acceptors (Lipinski definition) is 24. The number of rotatable bonds is 87. The molecule has 1 rings (SSSR count). The summed E-state index contributed by atoms with van der Waals surface area (Å²) < 4.78 is 66.4. The van der Waals surface area contributed by atoms with Gasteiger partial charge in [0.05, 0.1) is 52.5 Å². The molecule has 0 radical (unpaired) electrons. The van der Waals surface area contributed by atoms with Crippen LogP contribution in [0.4, 0.5) is 0 Å². The highest BCUT2D eigenvalue weighted by Gasteiger charge is 2.26. The molecule has 0 aliphatic carbocycles. The van der Waals surface area contributed by atoms with E-state index < -0.39 is 102 Å². The average Bonchev–Trinajstić information content (AvgIpc) is 0.910. The first-order valence-corrected chi connectivity index (χ1v) is 53.5. The fourth-order valence-electron chi connectivity index (χ4n) is 14.6. The lowest BCUT2D eigenvalue weighted by Crippen LogP contribution is -2.52. The van der Waals surface area contributed by atoms with Crippen LogP contribution in [0.25, 0.3) is 0 Å². The topological polar surface area (TPSA) is 404 Å². The Labute approximate surface area is 779 Å². The molecular weight excluding hydrogens is 1690 g/mol. The van der Waals surface area contributed by atoms with Crippen LogP contribution < -0.4 is 20.8 Å². The van der Waals surface area contributed by atoms with E-state index in [0.29, 0.717) is 19.3 Å². The lowest BCUT2D eigenvalue weighted by Gasteiger charge is -2.32. The van der Waals surface area contributed by atoms with Gasteiger partial charge in [-0.05, 0) is 128 Å². The lowest BCUT2D eigenvalue weighted by atomic mass is 10.1. The summed E-state index contributed by atoms with van der Waals surface area (Å²) in [7, 11) is -9.59. The summed E-state index contributed by atoms with van der Waals surface area (Å²) in [5.41, 5.74) is 3.55. The minimum atomic E-state index is -5.00. The molecular formula is C98H181N6O23P2-. The standard InChI is InChI=1S/C57H104N5O15P.C41H78NO8P/c1-3-5-7-9-11-13-15-17-19-21-23-25-27-29-31-33-56(70)74-49-51(77-57(71)34-32-30-28-26-24-22-20-18-16-14-12-10-8-6-4-2)50-76-78(72,73)75-44-35-58-52(63)45-59-36-38-60(46-53(64)65)40-42-62(48-55(68)69)43-41-61(39-37-59)47-54(66)67;1-3-5-7-9-11-13-15-17-19-21-23-25-27-29-31-33-40(43)47-37-39(38-49-51(45,46)48-36-35-42)50-41(44)34-32-30-28-26-24-22-20-18-16-14-12-10-8-6-4-2/h17-20,51H,3-16,21-50H2,1-2H3,(H,58,63)(H,64,65)(H,66,67)(H,68,69)(H,72,73);17-20,39H,3-16,21-38,42H2,1-2H3,(H,45,46)/p-1/b2*19-17-,20-18-/t51-;39-/m11/s1. The Hall–Kier alpha value is -5.26. The van der Waals surface area contributed by atoms with Crippen LogP contribution in [0.15, 0.2) is 48.6 Å². The SMILES string of the molecule is CCCCCCCC/C=C\CCCCCCCC(=O)OC[C@H](COP(=O)([O-])OCCNC(=O)CN1CCN(CC(=O)O)CCN(CC(=O)O)CCN(CC(=O)O)CC1)OC(=O)CCCCCCC/C=C\CCCCCCCC.CCCCCCCC/C=C\CCCCCCCC(=O)OC[C@H](COP(=O)([O-])OCC[NH3+])OC(=O)CCCCCCC/C=C\CCCCCCCC.